The monoisotopic (exact) mass is 440 g/mol. The largest absolute Gasteiger partial charge is 0.332 e. The summed E-state index contributed by atoms with van der Waals surface area (Å²) in [6.07, 6.45) is 0. The fourth-order valence-corrected chi connectivity index (χ4v) is 3.95. The molecule has 0 aliphatic carbocycles. The van der Waals surface area contributed by atoms with Gasteiger partial charge in [-0.15, -0.1) is 0 Å². The van der Waals surface area contributed by atoms with Gasteiger partial charge in [-0.3, -0.25) is 18.7 Å². The van der Waals surface area contributed by atoms with Crippen LogP contribution in [0.15, 0.2) is 63.5 Å². The normalized spacial score (nSPS) is 11.0. The van der Waals surface area contributed by atoms with E-state index in [2.05, 4.69) is 9.69 Å². The van der Waals surface area contributed by atoms with Gasteiger partial charge in [0.15, 0.2) is 5.52 Å². The van der Waals surface area contributed by atoms with Crippen LogP contribution in [0.4, 0.5) is 5.69 Å². The maximum atomic E-state index is 13.1. The van der Waals surface area contributed by atoms with Crippen molar-refractivity contribution in [1.29, 1.82) is 0 Å². The highest BCUT2D eigenvalue weighted by Crippen LogP contribution is 2.20. The molecule has 7 nitrogen and oxygen atoms in total. The van der Waals surface area contributed by atoms with Crippen molar-refractivity contribution in [2.45, 2.75) is 20.0 Å². The summed E-state index contributed by atoms with van der Waals surface area (Å²) >= 11 is 7.16. The van der Waals surface area contributed by atoms with Crippen LogP contribution >= 0.6 is 23.1 Å². The van der Waals surface area contributed by atoms with Gasteiger partial charge in [-0.2, -0.15) is 4.37 Å². The van der Waals surface area contributed by atoms with Gasteiger partial charge in [0.1, 0.15) is 6.54 Å². The first kappa shape index (κ1) is 20.1. The highest BCUT2D eigenvalue weighted by Gasteiger charge is 2.18. The molecular weight excluding hydrogens is 424 g/mol. The minimum absolute atomic E-state index is 0.0948. The Bertz CT molecular complexity index is 1360. The SMILES string of the molecule is Cc1ccc(Cn2c(=O)c3nscc3n(CC(=O)Nc3ccccc3Cl)c2=O)cc1. The standard InChI is InChI=1S/C21H17ClN4O3S/c1-13-6-8-14(9-7-13)10-26-20(28)19-17(12-30-24-19)25(21(26)29)11-18(27)23-16-5-3-2-4-15(16)22/h2-9,12H,10-11H2,1H3,(H,23,27). The number of nitrogens with one attached hydrogen (secondary N) is 1. The lowest BCUT2D eigenvalue weighted by Crippen LogP contribution is -2.41. The molecule has 0 radical (unpaired) electrons. The van der Waals surface area contributed by atoms with E-state index < -0.39 is 17.2 Å². The van der Waals surface area contributed by atoms with Gasteiger partial charge in [-0.05, 0) is 36.2 Å². The Morgan fingerprint density at radius 2 is 1.83 bits per heavy atom. The number of halogens is 1. The minimum atomic E-state index is -0.567. The van der Waals surface area contributed by atoms with Crippen LogP contribution in [0.1, 0.15) is 11.1 Å². The molecular formula is C21H17ClN4O3S. The van der Waals surface area contributed by atoms with E-state index in [0.29, 0.717) is 16.2 Å². The topological polar surface area (TPSA) is 86.0 Å². The average Bonchev–Trinajstić information content (AvgIpc) is 3.22. The van der Waals surface area contributed by atoms with Crippen molar-refractivity contribution in [3.63, 3.8) is 0 Å². The van der Waals surface area contributed by atoms with Gasteiger partial charge >= 0.3 is 5.69 Å². The lowest BCUT2D eigenvalue weighted by Gasteiger charge is -2.12. The predicted molar refractivity (Wildman–Crippen MR) is 119 cm³/mol. The molecule has 0 fully saturated rings. The molecule has 2 aromatic heterocycles. The molecule has 4 rings (SSSR count). The quantitative estimate of drug-likeness (QED) is 0.516. The number of anilines is 1. The van der Waals surface area contributed by atoms with Crippen LogP contribution in [0.5, 0.6) is 0 Å². The zero-order chi connectivity index (χ0) is 21.3. The van der Waals surface area contributed by atoms with Crippen LogP contribution < -0.4 is 16.6 Å². The van der Waals surface area contributed by atoms with Crippen molar-refractivity contribution in [3.05, 3.63) is 90.9 Å². The van der Waals surface area contributed by atoms with Crippen LogP contribution in [0.25, 0.3) is 11.0 Å². The van der Waals surface area contributed by atoms with Crippen LogP contribution in [-0.4, -0.2) is 19.4 Å². The Kier molecular flexibility index (Phi) is 5.52. The number of carbonyl (C=O) groups excluding carboxylic acids is 1. The number of rotatable bonds is 5. The Hall–Kier alpha value is -3.23. The number of aryl methyl sites for hydroxylation is 1. The number of amides is 1. The molecule has 0 aliphatic heterocycles. The summed E-state index contributed by atoms with van der Waals surface area (Å²) in [6.45, 7) is 1.78. The summed E-state index contributed by atoms with van der Waals surface area (Å²) in [5, 5.41) is 4.69. The smallest absolute Gasteiger partial charge is 0.323 e. The molecule has 152 valence electrons. The lowest BCUT2D eigenvalue weighted by atomic mass is 10.1. The molecule has 1 N–H and O–H groups in total. The van der Waals surface area contributed by atoms with E-state index in [1.807, 2.05) is 31.2 Å². The lowest BCUT2D eigenvalue weighted by molar-refractivity contribution is -0.116. The number of aromatic nitrogens is 3. The van der Waals surface area contributed by atoms with Gasteiger partial charge in [0.25, 0.3) is 5.56 Å². The molecule has 4 aromatic rings. The van der Waals surface area contributed by atoms with Crippen LogP contribution in [-0.2, 0) is 17.9 Å². The van der Waals surface area contributed by atoms with Gasteiger partial charge in [-0.1, -0.05) is 53.6 Å². The zero-order valence-electron chi connectivity index (χ0n) is 16.0. The third-order valence-electron chi connectivity index (χ3n) is 4.66. The number of hydrogen-bond acceptors (Lipinski definition) is 5. The second kappa shape index (κ2) is 8.25. The average molecular weight is 441 g/mol. The summed E-state index contributed by atoms with van der Waals surface area (Å²) in [7, 11) is 0. The Morgan fingerprint density at radius 1 is 1.10 bits per heavy atom. The number of nitrogens with zero attached hydrogens (tertiary/aromatic N) is 3. The van der Waals surface area contributed by atoms with Crippen LogP contribution in [0, 0.1) is 6.92 Å². The number of fused-ring (bicyclic) bond motifs is 1. The fourth-order valence-electron chi connectivity index (χ4n) is 3.10. The van der Waals surface area contributed by atoms with Crippen molar-refractivity contribution in [3.8, 4) is 0 Å². The van der Waals surface area contributed by atoms with Crippen LogP contribution in [0.3, 0.4) is 0 Å². The molecule has 30 heavy (non-hydrogen) atoms. The summed E-state index contributed by atoms with van der Waals surface area (Å²) < 4.78 is 6.51. The number of benzene rings is 2. The van der Waals surface area contributed by atoms with Crippen molar-refractivity contribution in [2.75, 3.05) is 5.32 Å². The Balaban J connectivity index is 1.72. The predicted octanol–water partition coefficient (Wildman–Crippen LogP) is 3.27. The number of para-hydroxylation sites is 1. The molecule has 2 aromatic carbocycles. The first-order valence-corrected chi connectivity index (χ1v) is 10.3. The summed E-state index contributed by atoms with van der Waals surface area (Å²) in [5.41, 5.74) is 1.80. The van der Waals surface area contributed by atoms with Crippen molar-refractivity contribution < 1.29 is 4.79 Å². The fraction of sp³-hybridized carbons (Fsp3) is 0.143. The van der Waals surface area contributed by atoms with Gasteiger partial charge in [0.05, 0.1) is 22.8 Å². The van der Waals surface area contributed by atoms with E-state index in [-0.39, 0.29) is 18.6 Å². The molecule has 1 amide bonds. The van der Waals surface area contributed by atoms with E-state index in [4.69, 9.17) is 11.6 Å². The first-order valence-electron chi connectivity index (χ1n) is 9.11. The number of carbonyl (C=O) groups is 1. The summed E-state index contributed by atoms with van der Waals surface area (Å²) in [5.74, 6) is -0.432. The van der Waals surface area contributed by atoms with Gasteiger partial charge in [0, 0.05) is 5.38 Å². The van der Waals surface area contributed by atoms with E-state index in [1.165, 1.54) is 4.57 Å². The Labute approximate surface area is 180 Å². The van der Waals surface area contributed by atoms with E-state index in [0.717, 1.165) is 27.2 Å². The molecule has 9 heteroatoms. The third kappa shape index (κ3) is 3.92. The third-order valence-corrected chi connectivity index (χ3v) is 5.61. The van der Waals surface area contributed by atoms with Crippen molar-refractivity contribution in [1.82, 2.24) is 13.5 Å². The molecule has 0 atom stereocenters. The van der Waals surface area contributed by atoms with E-state index in [9.17, 15) is 14.4 Å². The van der Waals surface area contributed by atoms with E-state index >= 15 is 0 Å². The summed E-state index contributed by atoms with van der Waals surface area (Å²) in [6, 6.07) is 14.4. The Morgan fingerprint density at radius 3 is 2.57 bits per heavy atom. The van der Waals surface area contributed by atoms with Gasteiger partial charge in [-0.25, -0.2) is 4.79 Å². The van der Waals surface area contributed by atoms with Crippen LogP contribution in [0.2, 0.25) is 5.02 Å². The molecule has 0 saturated carbocycles. The van der Waals surface area contributed by atoms with Gasteiger partial charge in [0.2, 0.25) is 5.91 Å². The molecule has 0 bridgehead atoms. The highest BCUT2D eigenvalue weighted by atomic mass is 35.5. The first-order chi connectivity index (χ1) is 14.4. The molecule has 0 unspecified atom stereocenters. The highest BCUT2D eigenvalue weighted by molar-refractivity contribution is 7.04. The van der Waals surface area contributed by atoms with E-state index in [1.54, 1.807) is 29.6 Å². The maximum absolute atomic E-state index is 13.1. The molecule has 0 aliphatic rings. The molecule has 0 saturated heterocycles. The zero-order valence-corrected chi connectivity index (χ0v) is 17.5. The van der Waals surface area contributed by atoms with Gasteiger partial charge < -0.3 is 5.32 Å². The minimum Gasteiger partial charge on any atom is -0.323 e. The number of hydrogen-bond donors (Lipinski definition) is 1. The second-order valence-corrected chi connectivity index (χ2v) is 7.86. The van der Waals surface area contributed by atoms with Crippen molar-refractivity contribution in [2.24, 2.45) is 0 Å². The summed E-state index contributed by atoms with van der Waals surface area (Å²) in [4.78, 5) is 38.6. The molecule has 2 heterocycles. The van der Waals surface area contributed by atoms with Crippen molar-refractivity contribution >= 4 is 45.8 Å². The maximum Gasteiger partial charge on any atom is 0.332 e. The molecule has 0 spiro atoms. The second-order valence-electron chi connectivity index (χ2n) is 6.82.